The predicted molar refractivity (Wildman–Crippen MR) is 47.3 cm³/mol. The molecule has 3 nitrogen and oxygen atoms in total. The zero-order valence-corrected chi connectivity index (χ0v) is 7.34. The van der Waals surface area contributed by atoms with E-state index in [4.69, 9.17) is 5.26 Å². The van der Waals surface area contributed by atoms with Gasteiger partial charge in [-0.25, -0.2) is 0 Å². The van der Waals surface area contributed by atoms with Crippen LogP contribution in [0.4, 0.5) is 0 Å². The fraction of sp³-hybridized carbons (Fsp3) is 0.556. The Morgan fingerprint density at radius 2 is 2.33 bits per heavy atom. The highest BCUT2D eigenvalue weighted by Gasteiger charge is 1.92. The van der Waals surface area contributed by atoms with Crippen LogP contribution in [0.3, 0.4) is 0 Å². The number of carbonyl (C=O) groups excluding carboxylic acids is 1. The first kappa shape index (κ1) is 10.7. The molecule has 0 aliphatic carbocycles. The van der Waals surface area contributed by atoms with Gasteiger partial charge in [0.15, 0.2) is 0 Å². The summed E-state index contributed by atoms with van der Waals surface area (Å²) in [5.74, 6) is -0.0607. The summed E-state index contributed by atoms with van der Waals surface area (Å²) in [6.07, 6.45) is 5.48. The van der Waals surface area contributed by atoms with E-state index in [1.165, 1.54) is 6.08 Å². The maximum Gasteiger partial charge on any atom is 0.243 e. The van der Waals surface area contributed by atoms with Crippen molar-refractivity contribution < 1.29 is 4.79 Å². The first-order valence-electron chi connectivity index (χ1n) is 4.08. The molecule has 0 fully saturated rings. The third-order valence-corrected chi connectivity index (χ3v) is 1.33. The van der Waals surface area contributed by atoms with Gasteiger partial charge in [-0.3, -0.25) is 4.79 Å². The quantitative estimate of drug-likeness (QED) is 0.495. The van der Waals surface area contributed by atoms with Crippen LogP contribution in [0.25, 0.3) is 0 Å². The zero-order chi connectivity index (χ0) is 9.23. The lowest BCUT2D eigenvalue weighted by atomic mass is 10.2. The van der Waals surface area contributed by atoms with E-state index in [2.05, 4.69) is 11.4 Å². The Bertz CT molecular complexity index is 191. The second kappa shape index (κ2) is 7.80. The number of hydrogen-bond acceptors (Lipinski definition) is 2. The van der Waals surface area contributed by atoms with Crippen LogP contribution in [-0.4, -0.2) is 12.5 Å². The van der Waals surface area contributed by atoms with Gasteiger partial charge in [-0.2, -0.15) is 5.26 Å². The highest BCUT2D eigenvalue weighted by Crippen LogP contribution is 1.91. The van der Waals surface area contributed by atoms with Gasteiger partial charge in [0.05, 0.1) is 6.07 Å². The average molecular weight is 166 g/mol. The van der Waals surface area contributed by atoms with Crippen LogP contribution in [0.15, 0.2) is 12.2 Å². The molecule has 0 aliphatic heterocycles. The number of rotatable bonds is 5. The number of carbonyl (C=O) groups is 1. The molecule has 0 aromatic rings. The summed E-state index contributed by atoms with van der Waals surface area (Å²) in [4.78, 5) is 10.8. The van der Waals surface area contributed by atoms with Crippen LogP contribution in [0, 0.1) is 11.3 Å². The van der Waals surface area contributed by atoms with E-state index in [-0.39, 0.29) is 5.91 Å². The summed E-state index contributed by atoms with van der Waals surface area (Å²) in [7, 11) is 0. The summed E-state index contributed by atoms with van der Waals surface area (Å²) in [5, 5.41) is 10.9. The van der Waals surface area contributed by atoms with Crippen molar-refractivity contribution in [2.24, 2.45) is 0 Å². The number of amides is 1. The molecule has 12 heavy (non-hydrogen) atoms. The van der Waals surface area contributed by atoms with Crippen molar-refractivity contribution >= 4 is 5.91 Å². The summed E-state index contributed by atoms with van der Waals surface area (Å²) in [6, 6.07) is 2.05. The molecule has 0 heterocycles. The summed E-state index contributed by atoms with van der Waals surface area (Å²) < 4.78 is 0. The van der Waals surface area contributed by atoms with Gasteiger partial charge in [0.25, 0.3) is 0 Å². The molecule has 0 radical (unpaired) electrons. The Morgan fingerprint density at radius 1 is 1.58 bits per heavy atom. The fourth-order valence-corrected chi connectivity index (χ4v) is 0.751. The van der Waals surface area contributed by atoms with Gasteiger partial charge in [-0.05, 0) is 25.8 Å². The summed E-state index contributed by atoms with van der Waals surface area (Å²) in [6.45, 7) is 2.46. The van der Waals surface area contributed by atoms with Gasteiger partial charge < -0.3 is 5.32 Å². The normalized spacial score (nSPS) is 9.67. The molecule has 0 spiro atoms. The SMILES string of the molecule is CC=CC(=O)NCCCCC#N. The summed E-state index contributed by atoms with van der Waals surface area (Å²) in [5.41, 5.74) is 0. The van der Waals surface area contributed by atoms with Crippen LogP contribution >= 0.6 is 0 Å². The minimum Gasteiger partial charge on any atom is -0.353 e. The van der Waals surface area contributed by atoms with Crippen molar-refractivity contribution in [2.45, 2.75) is 26.2 Å². The van der Waals surface area contributed by atoms with E-state index in [0.29, 0.717) is 13.0 Å². The minimum absolute atomic E-state index is 0.0607. The predicted octanol–water partition coefficient (Wildman–Crippen LogP) is 1.37. The molecule has 0 aromatic carbocycles. The van der Waals surface area contributed by atoms with Crippen molar-refractivity contribution in [3.05, 3.63) is 12.2 Å². The Kier molecular flexibility index (Phi) is 6.96. The smallest absolute Gasteiger partial charge is 0.243 e. The molecule has 66 valence electrons. The highest BCUT2D eigenvalue weighted by molar-refractivity contribution is 5.87. The Morgan fingerprint density at radius 3 is 2.92 bits per heavy atom. The third kappa shape index (κ3) is 6.81. The molecule has 3 heteroatoms. The van der Waals surface area contributed by atoms with E-state index in [0.717, 1.165) is 12.8 Å². The van der Waals surface area contributed by atoms with Gasteiger partial charge in [0.2, 0.25) is 5.91 Å². The molecule has 1 amide bonds. The van der Waals surface area contributed by atoms with Crippen LogP contribution in [0.5, 0.6) is 0 Å². The van der Waals surface area contributed by atoms with Crippen molar-refractivity contribution in [1.82, 2.24) is 5.32 Å². The van der Waals surface area contributed by atoms with E-state index < -0.39 is 0 Å². The van der Waals surface area contributed by atoms with Gasteiger partial charge in [-0.1, -0.05) is 6.08 Å². The maximum absolute atomic E-state index is 10.8. The average Bonchev–Trinajstić information content (AvgIpc) is 2.05. The first-order chi connectivity index (χ1) is 5.81. The number of nitrogens with zero attached hydrogens (tertiary/aromatic N) is 1. The standard InChI is InChI=1S/C9H14N2O/c1-2-6-9(12)11-8-5-3-4-7-10/h2,6H,3-5,8H2,1H3,(H,11,12). The third-order valence-electron chi connectivity index (χ3n) is 1.33. The second-order valence-corrected chi connectivity index (χ2v) is 2.41. The van der Waals surface area contributed by atoms with Crippen LogP contribution in [0.2, 0.25) is 0 Å². The van der Waals surface area contributed by atoms with Crippen molar-refractivity contribution in [2.75, 3.05) is 6.54 Å². The Hall–Kier alpha value is -1.30. The Labute approximate surface area is 73.1 Å². The number of allylic oxidation sites excluding steroid dienone is 1. The largest absolute Gasteiger partial charge is 0.353 e. The second-order valence-electron chi connectivity index (χ2n) is 2.41. The van der Waals surface area contributed by atoms with E-state index in [1.807, 2.05) is 0 Å². The lowest BCUT2D eigenvalue weighted by Gasteiger charge is -1.98. The van der Waals surface area contributed by atoms with Gasteiger partial charge in [-0.15, -0.1) is 0 Å². The monoisotopic (exact) mass is 166 g/mol. The van der Waals surface area contributed by atoms with Crippen molar-refractivity contribution in [3.63, 3.8) is 0 Å². The molecule has 0 aromatic heterocycles. The fourth-order valence-electron chi connectivity index (χ4n) is 0.751. The number of nitrogens with one attached hydrogen (secondary N) is 1. The molecular weight excluding hydrogens is 152 g/mol. The Balaban J connectivity index is 3.21. The van der Waals surface area contributed by atoms with Gasteiger partial charge in [0, 0.05) is 13.0 Å². The molecule has 0 atom stereocenters. The molecule has 0 saturated heterocycles. The van der Waals surface area contributed by atoms with Crippen molar-refractivity contribution in [3.8, 4) is 6.07 Å². The topological polar surface area (TPSA) is 52.9 Å². The molecule has 0 unspecified atom stereocenters. The minimum atomic E-state index is -0.0607. The van der Waals surface area contributed by atoms with Gasteiger partial charge >= 0.3 is 0 Å². The first-order valence-corrected chi connectivity index (χ1v) is 4.08. The molecule has 0 aliphatic rings. The lowest BCUT2D eigenvalue weighted by molar-refractivity contribution is -0.116. The molecular formula is C9H14N2O. The van der Waals surface area contributed by atoms with Crippen LogP contribution in [-0.2, 0) is 4.79 Å². The molecule has 1 N–H and O–H groups in total. The van der Waals surface area contributed by atoms with E-state index in [1.54, 1.807) is 13.0 Å². The number of nitriles is 1. The summed E-state index contributed by atoms with van der Waals surface area (Å²) >= 11 is 0. The van der Waals surface area contributed by atoms with Crippen LogP contribution in [0.1, 0.15) is 26.2 Å². The van der Waals surface area contributed by atoms with Crippen LogP contribution < -0.4 is 5.32 Å². The molecule has 0 rings (SSSR count). The highest BCUT2D eigenvalue weighted by atomic mass is 16.1. The van der Waals surface area contributed by atoms with E-state index >= 15 is 0 Å². The maximum atomic E-state index is 10.8. The van der Waals surface area contributed by atoms with Gasteiger partial charge in [0.1, 0.15) is 0 Å². The van der Waals surface area contributed by atoms with E-state index in [9.17, 15) is 4.79 Å². The lowest BCUT2D eigenvalue weighted by Crippen LogP contribution is -2.21. The zero-order valence-electron chi connectivity index (χ0n) is 7.34. The number of unbranched alkanes of at least 4 members (excludes halogenated alkanes) is 2. The number of hydrogen-bond donors (Lipinski definition) is 1. The van der Waals surface area contributed by atoms with Crippen molar-refractivity contribution in [1.29, 1.82) is 5.26 Å². The molecule has 0 bridgehead atoms. The molecule has 0 saturated carbocycles.